The number of amides is 1. The Bertz CT molecular complexity index is 773. The normalized spacial score (nSPS) is 22.5. The van der Waals surface area contributed by atoms with Crippen LogP contribution in [-0.4, -0.2) is 25.2 Å². The smallest absolute Gasteiger partial charge is 0.262 e. The van der Waals surface area contributed by atoms with Crippen LogP contribution in [0.2, 0.25) is 0 Å². The topological polar surface area (TPSA) is 59.6 Å². The number of carbonyl (C=O) groups excluding carboxylic acids is 1. The van der Waals surface area contributed by atoms with Crippen LogP contribution in [0.4, 0.5) is 17.1 Å². The first-order valence-electron chi connectivity index (χ1n) is 8.73. The Balaban J connectivity index is 1.45. The highest BCUT2D eigenvalue weighted by molar-refractivity contribution is 5.95. The van der Waals surface area contributed by atoms with Crippen molar-refractivity contribution in [1.82, 2.24) is 0 Å². The number of hydrogen-bond acceptors (Lipinski definition) is 4. The van der Waals surface area contributed by atoms with Crippen molar-refractivity contribution >= 4 is 23.0 Å². The maximum Gasteiger partial charge on any atom is 0.262 e. The van der Waals surface area contributed by atoms with E-state index in [-0.39, 0.29) is 12.5 Å². The average Bonchev–Trinajstić information content (AvgIpc) is 2.62. The minimum Gasteiger partial charge on any atom is -0.482 e. The van der Waals surface area contributed by atoms with Gasteiger partial charge in [0, 0.05) is 24.0 Å². The maximum absolute atomic E-state index is 11.3. The molecule has 0 aliphatic carbocycles. The van der Waals surface area contributed by atoms with E-state index in [1.807, 2.05) is 18.2 Å². The molecule has 5 heteroatoms. The van der Waals surface area contributed by atoms with E-state index in [0.717, 1.165) is 30.8 Å². The van der Waals surface area contributed by atoms with Crippen molar-refractivity contribution in [1.29, 1.82) is 0 Å². The van der Waals surface area contributed by atoms with Gasteiger partial charge in [0.1, 0.15) is 5.75 Å². The summed E-state index contributed by atoms with van der Waals surface area (Å²) in [7, 11) is 0. The number of benzene rings is 2. The van der Waals surface area contributed by atoms with E-state index in [2.05, 4.69) is 41.8 Å². The molecule has 2 aliphatic rings. The van der Waals surface area contributed by atoms with Crippen molar-refractivity contribution in [2.45, 2.75) is 31.8 Å². The second kappa shape index (κ2) is 6.76. The van der Waals surface area contributed by atoms with Crippen LogP contribution in [0.5, 0.6) is 5.75 Å². The van der Waals surface area contributed by atoms with Crippen LogP contribution in [0.1, 0.15) is 31.2 Å². The molecule has 5 nitrogen and oxygen atoms in total. The molecule has 2 heterocycles. The number of anilines is 3. The lowest BCUT2D eigenvalue weighted by molar-refractivity contribution is -0.118. The van der Waals surface area contributed by atoms with Gasteiger partial charge in [0.25, 0.3) is 5.91 Å². The van der Waals surface area contributed by atoms with E-state index in [4.69, 9.17) is 9.47 Å². The van der Waals surface area contributed by atoms with Gasteiger partial charge in [-0.1, -0.05) is 12.1 Å². The molecule has 2 aliphatic heterocycles. The summed E-state index contributed by atoms with van der Waals surface area (Å²) in [4.78, 5) is 11.3. The predicted octanol–water partition coefficient (Wildman–Crippen LogP) is 4.04. The van der Waals surface area contributed by atoms with Gasteiger partial charge in [-0.25, -0.2) is 0 Å². The van der Waals surface area contributed by atoms with E-state index in [0.29, 0.717) is 23.5 Å². The molecule has 1 saturated heterocycles. The third-order valence-electron chi connectivity index (χ3n) is 4.77. The molecule has 4 rings (SSSR count). The minimum absolute atomic E-state index is 0.0642. The standard InChI is InChI=1S/C20H22N2O3/c1-13-10-15(8-9-24-13)14-2-4-16(5-3-14)21-17-6-7-18-19(11-17)25-12-20(23)22-18/h2-7,11,13,15,21H,8-10,12H2,1H3,(H,22,23)/t13-,15-/m0/s1. The quantitative estimate of drug-likeness (QED) is 0.886. The maximum atomic E-state index is 11.3. The molecule has 2 aromatic rings. The Morgan fingerprint density at radius 2 is 1.92 bits per heavy atom. The van der Waals surface area contributed by atoms with E-state index in [9.17, 15) is 4.79 Å². The summed E-state index contributed by atoms with van der Waals surface area (Å²) in [5.74, 6) is 1.15. The molecule has 0 spiro atoms. The van der Waals surface area contributed by atoms with Crippen LogP contribution >= 0.6 is 0 Å². The molecule has 130 valence electrons. The number of nitrogens with one attached hydrogen (secondary N) is 2. The molecule has 1 amide bonds. The Morgan fingerprint density at radius 1 is 1.12 bits per heavy atom. The summed E-state index contributed by atoms with van der Waals surface area (Å²) in [5, 5.41) is 6.18. The number of hydrogen-bond donors (Lipinski definition) is 2. The average molecular weight is 338 g/mol. The molecule has 0 aromatic heterocycles. The third-order valence-corrected chi connectivity index (χ3v) is 4.77. The Hall–Kier alpha value is -2.53. The fourth-order valence-corrected chi connectivity index (χ4v) is 3.46. The molecule has 0 bridgehead atoms. The van der Waals surface area contributed by atoms with Crippen LogP contribution in [0.15, 0.2) is 42.5 Å². The van der Waals surface area contributed by atoms with E-state index < -0.39 is 0 Å². The van der Waals surface area contributed by atoms with Crippen molar-refractivity contribution in [3.8, 4) is 5.75 Å². The van der Waals surface area contributed by atoms with E-state index in [1.54, 1.807) is 0 Å². The van der Waals surface area contributed by atoms with Crippen molar-refractivity contribution in [2.24, 2.45) is 0 Å². The molecule has 2 aromatic carbocycles. The van der Waals surface area contributed by atoms with Crippen LogP contribution in [-0.2, 0) is 9.53 Å². The third kappa shape index (κ3) is 3.61. The van der Waals surface area contributed by atoms with Crippen LogP contribution in [0.3, 0.4) is 0 Å². The molecule has 2 N–H and O–H groups in total. The van der Waals surface area contributed by atoms with Gasteiger partial charge in [-0.05, 0) is 55.5 Å². The predicted molar refractivity (Wildman–Crippen MR) is 97.7 cm³/mol. The molecule has 0 saturated carbocycles. The zero-order chi connectivity index (χ0) is 17.2. The van der Waals surface area contributed by atoms with Gasteiger partial charge >= 0.3 is 0 Å². The zero-order valence-corrected chi connectivity index (χ0v) is 14.2. The first-order valence-corrected chi connectivity index (χ1v) is 8.73. The fraction of sp³-hybridized carbons (Fsp3) is 0.350. The second-order valence-electron chi connectivity index (χ2n) is 6.70. The molecule has 0 radical (unpaired) electrons. The largest absolute Gasteiger partial charge is 0.482 e. The number of fused-ring (bicyclic) bond motifs is 1. The highest BCUT2D eigenvalue weighted by Crippen LogP contribution is 2.33. The van der Waals surface area contributed by atoms with Crippen molar-refractivity contribution in [3.63, 3.8) is 0 Å². The van der Waals surface area contributed by atoms with E-state index >= 15 is 0 Å². The van der Waals surface area contributed by atoms with Gasteiger partial charge < -0.3 is 20.1 Å². The number of ether oxygens (including phenoxy) is 2. The number of rotatable bonds is 3. The summed E-state index contributed by atoms with van der Waals surface area (Å²) in [6.07, 6.45) is 2.51. The van der Waals surface area contributed by atoms with Gasteiger partial charge in [-0.3, -0.25) is 4.79 Å². The van der Waals surface area contributed by atoms with Gasteiger partial charge in [0.05, 0.1) is 11.8 Å². The molecule has 1 fully saturated rings. The first-order chi connectivity index (χ1) is 12.2. The summed E-state index contributed by atoms with van der Waals surface area (Å²) < 4.78 is 11.1. The lowest BCUT2D eigenvalue weighted by Crippen LogP contribution is -2.25. The lowest BCUT2D eigenvalue weighted by Gasteiger charge is -2.27. The highest BCUT2D eigenvalue weighted by atomic mass is 16.5. The summed E-state index contributed by atoms with van der Waals surface area (Å²) in [6.45, 7) is 3.05. The van der Waals surface area contributed by atoms with Gasteiger partial charge in [0.15, 0.2) is 6.61 Å². The monoisotopic (exact) mass is 338 g/mol. The molecule has 25 heavy (non-hydrogen) atoms. The fourth-order valence-electron chi connectivity index (χ4n) is 3.46. The summed E-state index contributed by atoms with van der Waals surface area (Å²) >= 11 is 0. The van der Waals surface area contributed by atoms with E-state index in [1.165, 1.54) is 5.56 Å². The van der Waals surface area contributed by atoms with Crippen LogP contribution < -0.4 is 15.4 Å². The molecular formula is C20H22N2O3. The van der Waals surface area contributed by atoms with Crippen molar-refractivity contribution in [3.05, 3.63) is 48.0 Å². The SMILES string of the molecule is C[C@H]1C[C@@H](c2ccc(Nc3ccc4c(c3)OCC(=O)N4)cc2)CCO1. The zero-order valence-electron chi connectivity index (χ0n) is 14.2. The van der Waals surface area contributed by atoms with Gasteiger partial charge in [-0.15, -0.1) is 0 Å². The van der Waals surface area contributed by atoms with Gasteiger partial charge in [-0.2, -0.15) is 0 Å². The van der Waals surface area contributed by atoms with Crippen molar-refractivity contribution in [2.75, 3.05) is 23.8 Å². The first kappa shape index (κ1) is 16.0. The lowest BCUT2D eigenvalue weighted by atomic mass is 9.89. The summed E-state index contributed by atoms with van der Waals surface area (Å²) in [5.41, 5.74) is 4.05. The Morgan fingerprint density at radius 3 is 2.72 bits per heavy atom. The minimum atomic E-state index is -0.119. The Labute approximate surface area is 147 Å². The molecular weight excluding hydrogens is 316 g/mol. The molecule has 0 unspecified atom stereocenters. The Kier molecular flexibility index (Phi) is 4.32. The van der Waals surface area contributed by atoms with Crippen LogP contribution in [0, 0.1) is 0 Å². The highest BCUT2D eigenvalue weighted by Gasteiger charge is 2.20. The summed E-state index contributed by atoms with van der Waals surface area (Å²) in [6, 6.07) is 14.3. The van der Waals surface area contributed by atoms with Crippen LogP contribution in [0.25, 0.3) is 0 Å². The molecule has 2 atom stereocenters. The van der Waals surface area contributed by atoms with Gasteiger partial charge in [0.2, 0.25) is 0 Å². The van der Waals surface area contributed by atoms with Crippen molar-refractivity contribution < 1.29 is 14.3 Å². The number of carbonyl (C=O) groups is 1. The second-order valence-corrected chi connectivity index (χ2v) is 6.70.